The first-order valence-corrected chi connectivity index (χ1v) is 13.4. The van der Waals surface area contributed by atoms with Crippen LogP contribution in [0.4, 0.5) is 0 Å². The lowest BCUT2D eigenvalue weighted by atomic mass is 10.0. The molecule has 132 valence electrons. The smallest absolute Gasteiger partial charge is 0.116 e. The van der Waals surface area contributed by atoms with E-state index in [1.54, 1.807) is 17.7 Å². The van der Waals surface area contributed by atoms with E-state index in [1.165, 1.54) is 15.3 Å². The lowest BCUT2D eigenvalue weighted by Crippen LogP contribution is -2.37. The number of hydrogen-bond donors (Lipinski definition) is 0. The number of benzene rings is 3. The van der Waals surface area contributed by atoms with E-state index >= 15 is 0 Å². The summed E-state index contributed by atoms with van der Waals surface area (Å²) in [6.45, 7) is 7.12. The molecule has 27 heavy (non-hydrogen) atoms. The fourth-order valence-corrected chi connectivity index (χ4v) is 5.97. The lowest BCUT2D eigenvalue weighted by molar-refractivity contribution is 1.24. The van der Waals surface area contributed by atoms with Crippen LogP contribution in [0.25, 0.3) is 42.3 Å². The van der Waals surface area contributed by atoms with E-state index in [9.17, 15) is 0 Å². The van der Waals surface area contributed by atoms with Crippen molar-refractivity contribution in [3.63, 3.8) is 0 Å². The zero-order valence-corrected chi connectivity index (χ0v) is 17.4. The van der Waals surface area contributed by atoms with Crippen LogP contribution < -0.4 is 5.19 Å². The highest BCUT2D eigenvalue weighted by Crippen LogP contribution is 2.37. The molecule has 0 spiro atoms. The Balaban J connectivity index is 1.78. The maximum Gasteiger partial charge on any atom is 0.116 e. The molecule has 0 bridgehead atoms. The molecule has 2 heterocycles. The Morgan fingerprint density at radius 1 is 0.926 bits per heavy atom. The van der Waals surface area contributed by atoms with E-state index in [0.29, 0.717) is 6.04 Å². The van der Waals surface area contributed by atoms with Gasteiger partial charge in [0.05, 0.1) is 25.4 Å². The summed E-state index contributed by atoms with van der Waals surface area (Å²) in [5.74, 6) is 0. The van der Waals surface area contributed by atoms with Crippen LogP contribution in [-0.4, -0.2) is 18.0 Å². The van der Waals surface area contributed by atoms with Crippen LogP contribution >= 0.6 is 11.3 Å². The molecule has 0 aliphatic heterocycles. The van der Waals surface area contributed by atoms with E-state index in [-0.39, 0.29) is 0 Å². The van der Waals surface area contributed by atoms with Crippen molar-refractivity contribution in [3.8, 4) is 11.3 Å². The summed E-state index contributed by atoms with van der Waals surface area (Å²) in [6, 6.07) is 19.4. The Morgan fingerprint density at radius 2 is 1.74 bits per heavy atom. The van der Waals surface area contributed by atoms with E-state index in [4.69, 9.17) is 1.37 Å². The predicted molar refractivity (Wildman–Crippen MR) is 121 cm³/mol. The number of fused-ring (bicyclic) bond motifs is 4. The van der Waals surface area contributed by atoms with Crippen molar-refractivity contribution in [3.05, 3.63) is 67.0 Å². The van der Waals surface area contributed by atoms with Gasteiger partial charge in [-0.3, -0.25) is 0 Å². The van der Waals surface area contributed by atoms with Crippen LogP contribution in [0.3, 0.4) is 0 Å². The first kappa shape index (κ1) is 15.5. The van der Waals surface area contributed by atoms with E-state index < -0.39 is 8.07 Å². The molecule has 0 aliphatic rings. The van der Waals surface area contributed by atoms with Crippen LogP contribution in [-0.2, 0) is 0 Å². The Bertz CT molecular complexity index is 1370. The quantitative estimate of drug-likeness (QED) is 0.338. The molecular formula is C23H20N2SSi. The van der Waals surface area contributed by atoms with Gasteiger partial charge in [0.1, 0.15) is 6.33 Å². The van der Waals surface area contributed by atoms with E-state index in [1.807, 2.05) is 24.3 Å². The van der Waals surface area contributed by atoms with Crippen LogP contribution in [0.2, 0.25) is 19.6 Å². The highest BCUT2D eigenvalue weighted by Gasteiger charge is 2.19. The van der Waals surface area contributed by atoms with Gasteiger partial charge >= 0.3 is 0 Å². The normalized spacial score (nSPS) is 12.8. The molecule has 0 radical (unpaired) electrons. The summed E-state index contributed by atoms with van der Waals surface area (Å²) >= 11 is 1.76. The second-order valence-electron chi connectivity index (χ2n) is 7.94. The minimum atomic E-state index is -1.37. The fourth-order valence-electron chi connectivity index (χ4n) is 3.50. The highest BCUT2D eigenvalue weighted by molar-refractivity contribution is 7.26. The van der Waals surface area contributed by atoms with Crippen LogP contribution in [0.5, 0.6) is 0 Å². The van der Waals surface area contributed by atoms with Crippen molar-refractivity contribution in [2.75, 3.05) is 0 Å². The van der Waals surface area contributed by atoms with Crippen LogP contribution in [0, 0.1) is 0 Å². The molecule has 0 saturated heterocycles. The lowest BCUT2D eigenvalue weighted by Gasteiger charge is -2.16. The van der Waals surface area contributed by atoms with Crippen molar-refractivity contribution in [1.82, 2.24) is 9.97 Å². The third kappa shape index (κ3) is 2.76. The van der Waals surface area contributed by atoms with Crippen LogP contribution in [0.1, 0.15) is 1.37 Å². The van der Waals surface area contributed by atoms with Gasteiger partial charge < -0.3 is 0 Å². The SMILES string of the molecule is [2H]c1cc(-c2ncnc3c2sc2cc([Si](C)(C)C)ccc23)cc2ccccc12. The topological polar surface area (TPSA) is 25.8 Å². The number of hydrogen-bond acceptors (Lipinski definition) is 3. The zero-order valence-electron chi connectivity index (χ0n) is 16.6. The maximum atomic E-state index is 8.43. The molecule has 5 rings (SSSR count). The standard InChI is InChI=1S/C23H20N2SSi/c1-27(2,3)18-10-11-19-20(13-18)26-23-21(24-14-25-22(19)23)17-9-8-15-6-4-5-7-16(15)12-17/h4-14H,1-3H3/i8D. The van der Waals surface area contributed by atoms with E-state index in [0.717, 1.165) is 32.2 Å². The summed E-state index contributed by atoms with van der Waals surface area (Å²) in [6.07, 6.45) is 1.65. The van der Waals surface area contributed by atoms with Crippen molar-refractivity contribution < 1.29 is 1.37 Å². The van der Waals surface area contributed by atoms with Crippen molar-refractivity contribution in [2.24, 2.45) is 0 Å². The Kier molecular flexibility index (Phi) is 3.43. The van der Waals surface area contributed by atoms with Gasteiger partial charge in [-0.15, -0.1) is 11.3 Å². The molecule has 0 atom stereocenters. The third-order valence-electron chi connectivity index (χ3n) is 5.05. The Morgan fingerprint density at radius 3 is 2.56 bits per heavy atom. The van der Waals surface area contributed by atoms with Gasteiger partial charge in [-0.1, -0.05) is 73.3 Å². The molecule has 0 N–H and O–H groups in total. The van der Waals surface area contributed by atoms with E-state index in [2.05, 4.69) is 59.9 Å². The highest BCUT2D eigenvalue weighted by atomic mass is 32.1. The van der Waals surface area contributed by atoms with Crippen molar-refractivity contribution in [1.29, 1.82) is 0 Å². The molecule has 0 fully saturated rings. The average Bonchev–Trinajstić information content (AvgIpc) is 3.05. The molecule has 0 amide bonds. The van der Waals surface area contributed by atoms with Gasteiger partial charge in [-0.2, -0.15) is 0 Å². The average molecular weight is 386 g/mol. The monoisotopic (exact) mass is 385 g/mol. The van der Waals surface area contributed by atoms with Crippen molar-refractivity contribution >= 4 is 55.7 Å². The van der Waals surface area contributed by atoms with Gasteiger partial charge in [0.2, 0.25) is 0 Å². The molecule has 0 aliphatic carbocycles. The molecule has 0 saturated carbocycles. The molecule has 3 aromatic carbocycles. The first-order valence-electron chi connectivity index (χ1n) is 9.59. The largest absolute Gasteiger partial charge is 0.235 e. The number of nitrogens with zero attached hydrogens (tertiary/aromatic N) is 2. The van der Waals surface area contributed by atoms with Crippen LogP contribution in [0.15, 0.2) is 67.0 Å². The summed E-state index contributed by atoms with van der Waals surface area (Å²) in [5.41, 5.74) is 2.90. The van der Waals surface area contributed by atoms with Gasteiger partial charge in [0.15, 0.2) is 0 Å². The Labute approximate surface area is 164 Å². The van der Waals surface area contributed by atoms with Crippen molar-refractivity contribution in [2.45, 2.75) is 19.6 Å². The van der Waals surface area contributed by atoms with Gasteiger partial charge in [0, 0.05) is 15.6 Å². The number of aromatic nitrogens is 2. The summed E-state index contributed by atoms with van der Waals surface area (Å²) in [4.78, 5) is 9.21. The molecule has 2 aromatic heterocycles. The first-order chi connectivity index (χ1) is 13.4. The van der Waals surface area contributed by atoms with Gasteiger partial charge in [0.25, 0.3) is 0 Å². The number of rotatable bonds is 2. The predicted octanol–water partition coefficient (Wildman–Crippen LogP) is 6.21. The third-order valence-corrected chi connectivity index (χ3v) is 8.24. The zero-order chi connectivity index (χ0) is 19.5. The second kappa shape index (κ2) is 5.97. The summed E-state index contributed by atoms with van der Waals surface area (Å²) in [5, 5.41) is 4.68. The summed E-state index contributed by atoms with van der Waals surface area (Å²) < 4.78 is 10.8. The van der Waals surface area contributed by atoms with Gasteiger partial charge in [-0.25, -0.2) is 9.97 Å². The molecular weight excluding hydrogens is 364 g/mol. The molecule has 0 unspecified atom stereocenters. The minimum Gasteiger partial charge on any atom is -0.235 e. The molecule has 2 nitrogen and oxygen atoms in total. The fraction of sp³-hybridized carbons (Fsp3) is 0.130. The molecule has 5 aromatic rings. The second-order valence-corrected chi connectivity index (χ2v) is 14.1. The minimum absolute atomic E-state index is 0.530. The number of thiophene rings is 1. The molecule has 4 heteroatoms. The maximum absolute atomic E-state index is 8.43. The summed E-state index contributed by atoms with van der Waals surface area (Å²) in [7, 11) is -1.37. The Hall–Kier alpha value is -2.56. The van der Waals surface area contributed by atoms with Gasteiger partial charge in [-0.05, 0) is 22.9 Å².